The molecule has 0 radical (unpaired) electrons. The Morgan fingerprint density at radius 3 is 2.58 bits per heavy atom. The largest absolute Gasteiger partial charge is 0.450 e. The number of likely N-dealkylation sites (tertiary alicyclic amines) is 2. The molecule has 2 aliphatic rings. The lowest BCUT2D eigenvalue weighted by Gasteiger charge is -2.33. The van der Waals surface area contributed by atoms with Gasteiger partial charge >= 0.3 is 6.09 Å². The predicted molar refractivity (Wildman–Crippen MR) is 106 cm³/mol. The molecule has 7 heteroatoms. The maximum atomic E-state index is 11.8. The van der Waals surface area contributed by atoms with Gasteiger partial charge in [0.15, 0.2) is 5.96 Å². The van der Waals surface area contributed by atoms with Gasteiger partial charge < -0.3 is 20.3 Å². The molecule has 26 heavy (non-hydrogen) atoms. The molecule has 2 saturated heterocycles. The van der Waals surface area contributed by atoms with Crippen molar-refractivity contribution in [1.29, 1.82) is 0 Å². The van der Waals surface area contributed by atoms with Crippen LogP contribution in [-0.2, 0) is 4.74 Å². The van der Waals surface area contributed by atoms with E-state index in [-0.39, 0.29) is 6.09 Å². The first kappa shape index (κ1) is 20.8. The Hall–Kier alpha value is -1.50. The minimum absolute atomic E-state index is 0.192. The number of aliphatic imine (C=N–C) groups is 1. The van der Waals surface area contributed by atoms with Gasteiger partial charge in [0.2, 0.25) is 0 Å². The molecule has 0 aliphatic carbocycles. The Labute approximate surface area is 158 Å². The molecular formula is C19H37N5O2. The van der Waals surface area contributed by atoms with Gasteiger partial charge in [0.25, 0.3) is 0 Å². The van der Waals surface area contributed by atoms with Crippen LogP contribution in [0.15, 0.2) is 4.99 Å². The summed E-state index contributed by atoms with van der Waals surface area (Å²) in [6.45, 7) is 12.1. The molecule has 0 aromatic carbocycles. The van der Waals surface area contributed by atoms with Crippen molar-refractivity contribution in [2.24, 2.45) is 4.99 Å². The highest BCUT2D eigenvalue weighted by Gasteiger charge is 2.24. The number of hydrogen-bond donors (Lipinski definition) is 2. The summed E-state index contributed by atoms with van der Waals surface area (Å²) in [5.74, 6) is 0.895. The van der Waals surface area contributed by atoms with Gasteiger partial charge in [-0.3, -0.25) is 9.89 Å². The number of piperidine rings is 2. The molecule has 1 unspecified atom stereocenters. The van der Waals surface area contributed by atoms with Crippen molar-refractivity contribution in [1.82, 2.24) is 20.4 Å². The quantitative estimate of drug-likeness (QED) is 0.555. The van der Waals surface area contributed by atoms with E-state index in [1.54, 1.807) is 4.90 Å². The van der Waals surface area contributed by atoms with Gasteiger partial charge in [0.1, 0.15) is 0 Å². The first-order valence-corrected chi connectivity index (χ1v) is 10.3. The molecule has 0 spiro atoms. The SMILES string of the molecule is CCNC(=NCCN1CCCCC1C)NC1CCN(C(=O)OCC)CC1. The average Bonchev–Trinajstić information content (AvgIpc) is 2.64. The number of amides is 1. The molecule has 2 aliphatic heterocycles. The van der Waals surface area contributed by atoms with E-state index in [4.69, 9.17) is 9.73 Å². The van der Waals surface area contributed by atoms with E-state index >= 15 is 0 Å². The summed E-state index contributed by atoms with van der Waals surface area (Å²) in [7, 11) is 0. The fraction of sp³-hybridized carbons (Fsp3) is 0.895. The summed E-state index contributed by atoms with van der Waals surface area (Å²) in [6.07, 6.45) is 5.63. The van der Waals surface area contributed by atoms with Gasteiger partial charge in [-0.1, -0.05) is 6.42 Å². The van der Waals surface area contributed by atoms with Crippen molar-refractivity contribution in [3.05, 3.63) is 0 Å². The molecule has 0 bridgehead atoms. The molecule has 2 fully saturated rings. The molecule has 0 saturated carbocycles. The van der Waals surface area contributed by atoms with E-state index in [1.807, 2.05) is 6.92 Å². The van der Waals surface area contributed by atoms with Crippen molar-refractivity contribution < 1.29 is 9.53 Å². The number of guanidine groups is 1. The van der Waals surface area contributed by atoms with E-state index in [0.29, 0.717) is 18.7 Å². The zero-order chi connectivity index (χ0) is 18.8. The van der Waals surface area contributed by atoms with Crippen molar-refractivity contribution in [2.45, 2.75) is 65.0 Å². The van der Waals surface area contributed by atoms with Gasteiger partial charge in [0.05, 0.1) is 13.2 Å². The van der Waals surface area contributed by atoms with Crippen LogP contribution in [0.4, 0.5) is 4.79 Å². The van der Waals surface area contributed by atoms with Crippen molar-refractivity contribution in [3.8, 4) is 0 Å². The van der Waals surface area contributed by atoms with E-state index in [9.17, 15) is 4.79 Å². The number of hydrogen-bond acceptors (Lipinski definition) is 4. The lowest BCUT2D eigenvalue weighted by atomic mass is 10.0. The summed E-state index contributed by atoms with van der Waals surface area (Å²) < 4.78 is 5.08. The number of nitrogens with one attached hydrogen (secondary N) is 2. The van der Waals surface area contributed by atoms with Gasteiger partial charge in [-0.2, -0.15) is 0 Å². The van der Waals surface area contributed by atoms with Crippen molar-refractivity contribution >= 4 is 12.1 Å². The summed E-state index contributed by atoms with van der Waals surface area (Å²) in [5, 5.41) is 6.89. The monoisotopic (exact) mass is 367 g/mol. The molecule has 2 N–H and O–H groups in total. The molecule has 7 nitrogen and oxygen atoms in total. The number of carbonyl (C=O) groups is 1. The topological polar surface area (TPSA) is 69.2 Å². The van der Waals surface area contributed by atoms with Crippen LogP contribution in [0.25, 0.3) is 0 Å². The Morgan fingerprint density at radius 2 is 1.92 bits per heavy atom. The Morgan fingerprint density at radius 1 is 1.15 bits per heavy atom. The van der Waals surface area contributed by atoms with E-state index in [2.05, 4.69) is 29.4 Å². The third-order valence-electron chi connectivity index (χ3n) is 5.30. The van der Waals surface area contributed by atoms with Gasteiger partial charge in [-0.15, -0.1) is 0 Å². The van der Waals surface area contributed by atoms with Crippen LogP contribution >= 0.6 is 0 Å². The Bertz CT molecular complexity index is 449. The van der Waals surface area contributed by atoms with Crippen LogP contribution in [0.1, 0.15) is 52.9 Å². The highest BCUT2D eigenvalue weighted by Crippen LogP contribution is 2.15. The van der Waals surface area contributed by atoms with Crippen molar-refractivity contribution in [2.75, 3.05) is 45.9 Å². The maximum Gasteiger partial charge on any atom is 0.409 e. The van der Waals surface area contributed by atoms with Gasteiger partial charge in [-0.05, 0) is 53.0 Å². The molecular weight excluding hydrogens is 330 g/mol. The first-order chi connectivity index (χ1) is 12.6. The predicted octanol–water partition coefficient (Wildman–Crippen LogP) is 2.04. The number of carbonyl (C=O) groups excluding carboxylic acids is 1. The van der Waals surface area contributed by atoms with E-state index < -0.39 is 0 Å². The van der Waals surface area contributed by atoms with Gasteiger partial charge in [0, 0.05) is 38.3 Å². The zero-order valence-electron chi connectivity index (χ0n) is 16.8. The molecule has 1 atom stereocenters. The lowest BCUT2D eigenvalue weighted by molar-refractivity contribution is 0.0963. The van der Waals surface area contributed by atoms with Crippen molar-refractivity contribution in [3.63, 3.8) is 0 Å². The van der Waals surface area contributed by atoms with Gasteiger partial charge in [-0.25, -0.2) is 4.79 Å². The van der Waals surface area contributed by atoms with Crippen LogP contribution in [-0.4, -0.2) is 79.8 Å². The minimum Gasteiger partial charge on any atom is -0.450 e. The number of nitrogens with zero attached hydrogens (tertiary/aromatic N) is 3. The van der Waals surface area contributed by atoms with Crippen LogP contribution in [0.5, 0.6) is 0 Å². The average molecular weight is 368 g/mol. The normalized spacial score (nSPS) is 23.0. The highest BCUT2D eigenvalue weighted by atomic mass is 16.6. The summed E-state index contributed by atoms with van der Waals surface area (Å²) >= 11 is 0. The zero-order valence-corrected chi connectivity index (χ0v) is 16.8. The Balaban J connectivity index is 1.76. The molecule has 1 amide bonds. The highest BCUT2D eigenvalue weighted by molar-refractivity contribution is 5.80. The van der Waals surface area contributed by atoms with Crippen LogP contribution in [0, 0.1) is 0 Å². The third-order valence-corrected chi connectivity index (χ3v) is 5.30. The maximum absolute atomic E-state index is 11.8. The van der Waals surface area contributed by atoms with Crippen LogP contribution in [0.3, 0.4) is 0 Å². The molecule has 150 valence electrons. The summed E-state index contributed by atoms with van der Waals surface area (Å²) in [4.78, 5) is 20.9. The summed E-state index contributed by atoms with van der Waals surface area (Å²) in [5.41, 5.74) is 0. The standard InChI is InChI=1S/C19H37N5O2/c1-4-20-18(21-11-15-23-12-7-6-8-16(23)3)22-17-9-13-24(14-10-17)19(25)26-5-2/h16-17H,4-15H2,1-3H3,(H2,20,21,22). The fourth-order valence-electron chi connectivity index (χ4n) is 3.71. The van der Waals surface area contributed by atoms with E-state index in [0.717, 1.165) is 51.5 Å². The second-order valence-electron chi connectivity index (χ2n) is 7.25. The molecule has 2 heterocycles. The smallest absolute Gasteiger partial charge is 0.409 e. The molecule has 0 aromatic rings. The first-order valence-electron chi connectivity index (χ1n) is 10.3. The second-order valence-corrected chi connectivity index (χ2v) is 7.25. The molecule has 0 aromatic heterocycles. The third kappa shape index (κ3) is 6.67. The van der Waals surface area contributed by atoms with Crippen LogP contribution < -0.4 is 10.6 Å². The minimum atomic E-state index is -0.192. The second kappa shape index (κ2) is 11.3. The number of rotatable bonds is 6. The lowest BCUT2D eigenvalue weighted by Crippen LogP contribution is -2.50. The van der Waals surface area contributed by atoms with E-state index in [1.165, 1.54) is 25.8 Å². The van der Waals surface area contributed by atoms with Crippen LogP contribution in [0.2, 0.25) is 0 Å². The number of ether oxygens (including phenoxy) is 1. The fourth-order valence-corrected chi connectivity index (χ4v) is 3.71. The molecule has 2 rings (SSSR count). The Kier molecular flexibility index (Phi) is 9.01. The summed E-state index contributed by atoms with van der Waals surface area (Å²) in [6, 6.07) is 1.04.